The third-order valence-electron chi connectivity index (χ3n) is 5.73. The highest BCUT2D eigenvalue weighted by Crippen LogP contribution is 2.31. The van der Waals surface area contributed by atoms with E-state index in [0.29, 0.717) is 39.8 Å². The molecule has 0 saturated heterocycles. The van der Waals surface area contributed by atoms with E-state index < -0.39 is 0 Å². The van der Waals surface area contributed by atoms with E-state index in [4.69, 9.17) is 16.3 Å². The summed E-state index contributed by atoms with van der Waals surface area (Å²) in [4.78, 5) is 17.9. The smallest absolute Gasteiger partial charge is 0.263 e. The molecule has 174 valence electrons. The summed E-state index contributed by atoms with van der Waals surface area (Å²) < 4.78 is 7.53. The fourth-order valence-corrected chi connectivity index (χ4v) is 4.22. The van der Waals surface area contributed by atoms with Crippen molar-refractivity contribution in [2.45, 2.75) is 6.61 Å². The molecular weight excluding hydrogens is 470 g/mol. The zero-order chi connectivity index (χ0) is 24.9. The average molecular weight is 490 g/mol. The first-order chi connectivity index (χ1) is 17.6. The number of pyridine rings is 2. The number of nitriles is 1. The Hall–Kier alpha value is -4.66. The number of halogens is 1. The van der Waals surface area contributed by atoms with Crippen molar-refractivity contribution in [3.05, 3.63) is 136 Å². The van der Waals surface area contributed by atoms with Gasteiger partial charge in [0.05, 0.1) is 23.5 Å². The van der Waals surface area contributed by atoms with Gasteiger partial charge in [0, 0.05) is 34.1 Å². The van der Waals surface area contributed by atoms with Crippen LogP contribution < -0.4 is 10.3 Å². The standard InChI is InChI=1S/C30H20ClN3O2/c31-25-13-23(14-27(16-25)36-20-21-7-2-1-3-8-21)29-15-24(28-11-5-4-9-22(28)17-32)19-34(30(29)35)26-10-6-12-33-18-26/h1-16,18-19H,20H2. The van der Waals surface area contributed by atoms with Crippen molar-refractivity contribution in [1.82, 2.24) is 9.55 Å². The largest absolute Gasteiger partial charge is 0.489 e. The molecule has 0 spiro atoms. The normalized spacial score (nSPS) is 10.6. The lowest BCUT2D eigenvalue weighted by Crippen LogP contribution is -2.20. The second-order valence-corrected chi connectivity index (χ2v) is 8.57. The molecule has 0 aliphatic carbocycles. The predicted molar refractivity (Wildman–Crippen MR) is 141 cm³/mol. The second-order valence-electron chi connectivity index (χ2n) is 8.14. The van der Waals surface area contributed by atoms with Gasteiger partial charge in [0.25, 0.3) is 5.56 Å². The van der Waals surface area contributed by atoms with Gasteiger partial charge in [-0.3, -0.25) is 14.3 Å². The van der Waals surface area contributed by atoms with Gasteiger partial charge in [0.2, 0.25) is 0 Å². The lowest BCUT2D eigenvalue weighted by Gasteiger charge is -2.14. The topological polar surface area (TPSA) is 67.9 Å². The van der Waals surface area contributed by atoms with Crippen LogP contribution in [-0.4, -0.2) is 9.55 Å². The summed E-state index contributed by atoms with van der Waals surface area (Å²) >= 11 is 6.45. The van der Waals surface area contributed by atoms with E-state index in [1.54, 1.807) is 55.0 Å². The van der Waals surface area contributed by atoms with Gasteiger partial charge < -0.3 is 4.74 Å². The number of aromatic nitrogens is 2. The van der Waals surface area contributed by atoms with Crippen molar-refractivity contribution in [3.8, 4) is 39.8 Å². The summed E-state index contributed by atoms with van der Waals surface area (Å²) in [5, 5.41) is 10.1. The highest BCUT2D eigenvalue weighted by atomic mass is 35.5. The van der Waals surface area contributed by atoms with Gasteiger partial charge in [0.1, 0.15) is 12.4 Å². The Kier molecular flexibility index (Phi) is 6.61. The fraction of sp³-hybridized carbons (Fsp3) is 0.0333. The molecule has 5 aromatic rings. The van der Waals surface area contributed by atoms with Crippen LogP contribution in [0.25, 0.3) is 27.9 Å². The van der Waals surface area contributed by atoms with E-state index >= 15 is 0 Å². The van der Waals surface area contributed by atoms with Crippen LogP contribution in [0.15, 0.2) is 114 Å². The predicted octanol–water partition coefficient (Wildman–Crippen LogP) is 6.67. The average Bonchev–Trinajstić information content (AvgIpc) is 2.93. The van der Waals surface area contributed by atoms with Gasteiger partial charge >= 0.3 is 0 Å². The monoisotopic (exact) mass is 489 g/mol. The lowest BCUT2D eigenvalue weighted by atomic mass is 9.98. The Morgan fingerprint density at radius 2 is 1.69 bits per heavy atom. The first kappa shape index (κ1) is 23.1. The quantitative estimate of drug-likeness (QED) is 0.267. The Balaban J connectivity index is 1.65. The van der Waals surface area contributed by atoms with Crippen molar-refractivity contribution >= 4 is 11.6 Å². The molecule has 0 aliphatic rings. The molecule has 0 aliphatic heterocycles. The third kappa shape index (κ3) is 4.90. The molecule has 0 N–H and O–H groups in total. The van der Waals surface area contributed by atoms with E-state index in [-0.39, 0.29) is 5.56 Å². The molecule has 2 heterocycles. The Morgan fingerprint density at radius 1 is 0.889 bits per heavy atom. The highest BCUT2D eigenvalue weighted by Gasteiger charge is 2.15. The third-order valence-corrected chi connectivity index (χ3v) is 5.95. The van der Waals surface area contributed by atoms with E-state index in [2.05, 4.69) is 11.1 Å². The molecule has 0 fully saturated rings. The highest BCUT2D eigenvalue weighted by molar-refractivity contribution is 6.31. The summed E-state index contributed by atoms with van der Waals surface area (Å²) in [6, 6.07) is 30.0. The lowest BCUT2D eigenvalue weighted by molar-refractivity contribution is 0.306. The molecule has 0 unspecified atom stereocenters. The van der Waals surface area contributed by atoms with E-state index in [1.165, 1.54) is 4.57 Å². The van der Waals surface area contributed by atoms with Crippen molar-refractivity contribution in [2.24, 2.45) is 0 Å². The van der Waals surface area contributed by atoms with Crippen LogP contribution >= 0.6 is 11.6 Å². The molecule has 6 heteroatoms. The van der Waals surface area contributed by atoms with Crippen molar-refractivity contribution in [1.29, 1.82) is 5.26 Å². The van der Waals surface area contributed by atoms with Gasteiger partial charge in [-0.05, 0) is 53.6 Å². The zero-order valence-corrected chi connectivity index (χ0v) is 19.9. The van der Waals surface area contributed by atoms with Crippen LogP contribution in [0.5, 0.6) is 5.75 Å². The molecule has 36 heavy (non-hydrogen) atoms. The van der Waals surface area contributed by atoms with Gasteiger partial charge in [-0.1, -0.05) is 60.1 Å². The molecule has 0 radical (unpaired) electrons. The van der Waals surface area contributed by atoms with Crippen LogP contribution in [0, 0.1) is 11.3 Å². The zero-order valence-electron chi connectivity index (χ0n) is 19.1. The maximum absolute atomic E-state index is 13.7. The Bertz CT molecular complexity index is 1620. The van der Waals surface area contributed by atoms with E-state index in [9.17, 15) is 10.1 Å². The maximum Gasteiger partial charge on any atom is 0.263 e. The maximum atomic E-state index is 13.7. The Morgan fingerprint density at radius 3 is 2.47 bits per heavy atom. The van der Waals surface area contributed by atoms with E-state index in [0.717, 1.165) is 16.7 Å². The summed E-state index contributed by atoms with van der Waals surface area (Å²) in [5.74, 6) is 0.552. The molecule has 0 atom stereocenters. The van der Waals surface area contributed by atoms with Gasteiger partial charge in [-0.2, -0.15) is 5.26 Å². The van der Waals surface area contributed by atoms with Crippen LogP contribution in [0.3, 0.4) is 0 Å². The van der Waals surface area contributed by atoms with Crippen LogP contribution in [-0.2, 0) is 6.61 Å². The van der Waals surface area contributed by atoms with Gasteiger partial charge in [0.15, 0.2) is 0 Å². The number of rotatable bonds is 6. The SMILES string of the molecule is N#Cc1ccccc1-c1cc(-c2cc(Cl)cc(OCc3ccccc3)c2)c(=O)n(-c2cccnc2)c1. The molecule has 2 aromatic heterocycles. The van der Waals surface area contributed by atoms with Crippen molar-refractivity contribution < 1.29 is 4.74 Å². The first-order valence-corrected chi connectivity index (χ1v) is 11.6. The van der Waals surface area contributed by atoms with Crippen LogP contribution in [0.2, 0.25) is 5.02 Å². The molecular formula is C30H20ClN3O2. The number of benzene rings is 3. The molecule has 0 bridgehead atoms. The minimum absolute atomic E-state index is 0.238. The molecule has 0 saturated carbocycles. The summed E-state index contributed by atoms with van der Waals surface area (Å²) in [6.45, 7) is 0.371. The number of hydrogen-bond donors (Lipinski definition) is 0. The summed E-state index contributed by atoms with van der Waals surface area (Å²) in [5.41, 5.74) is 4.39. The molecule has 0 amide bonds. The minimum Gasteiger partial charge on any atom is -0.489 e. The first-order valence-electron chi connectivity index (χ1n) is 11.3. The Labute approximate surface area is 213 Å². The summed E-state index contributed by atoms with van der Waals surface area (Å²) in [7, 11) is 0. The second kappa shape index (κ2) is 10.3. The molecule has 5 nitrogen and oxygen atoms in total. The summed E-state index contributed by atoms with van der Waals surface area (Å²) in [6.07, 6.45) is 5.01. The number of ether oxygens (including phenoxy) is 1. The van der Waals surface area contributed by atoms with Crippen molar-refractivity contribution in [2.75, 3.05) is 0 Å². The molecule has 3 aromatic carbocycles. The van der Waals surface area contributed by atoms with Crippen LogP contribution in [0.4, 0.5) is 0 Å². The van der Waals surface area contributed by atoms with E-state index in [1.807, 2.05) is 54.6 Å². The fourth-order valence-electron chi connectivity index (χ4n) is 4.00. The molecule has 5 rings (SSSR count). The van der Waals surface area contributed by atoms with Crippen LogP contribution in [0.1, 0.15) is 11.1 Å². The minimum atomic E-state index is -0.238. The number of hydrogen-bond acceptors (Lipinski definition) is 4. The number of nitrogens with zero attached hydrogens (tertiary/aromatic N) is 3. The van der Waals surface area contributed by atoms with Crippen molar-refractivity contribution in [3.63, 3.8) is 0 Å². The van der Waals surface area contributed by atoms with Gasteiger partial charge in [-0.25, -0.2) is 0 Å². The van der Waals surface area contributed by atoms with Gasteiger partial charge in [-0.15, -0.1) is 0 Å².